The Balaban J connectivity index is 1.81. The van der Waals surface area contributed by atoms with E-state index in [4.69, 9.17) is 11.0 Å². The quantitative estimate of drug-likeness (QED) is 0.872. The summed E-state index contributed by atoms with van der Waals surface area (Å²) in [5.41, 5.74) is 9.20. The Morgan fingerprint density at radius 3 is 2.76 bits per heavy atom. The van der Waals surface area contributed by atoms with Gasteiger partial charge >= 0.3 is 0 Å². The Labute approximate surface area is 121 Å². The van der Waals surface area contributed by atoms with Gasteiger partial charge in [-0.2, -0.15) is 5.26 Å². The lowest BCUT2D eigenvalue weighted by molar-refractivity contribution is -0.117. The molecule has 0 unspecified atom stereocenters. The van der Waals surface area contributed by atoms with Crippen molar-refractivity contribution < 1.29 is 9.18 Å². The van der Waals surface area contributed by atoms with E-state index in [9.17, 15) is 9.18 Å². The third-order valence-corrected chi connectivity index (χ3v) is 2.94. The molecule has 2 rings (SSSR count). The molecule has 21 heavy (non-hydrogen) atoms. The van der Waals surface area contributed by atoms with Crippen LogP contribution in [0.3, 0.4) is 0 Å². The van der Waals surface area contributed by atoms with Gasteiger partial charge in [0.05, 0.1) is 0 Å². The van der Waals surface area contributed by atoms with Crippen molar-refractivity contribution in [1.82, 2.24) is 9.66 Å². The molecule has 1 aromatic carbocycles. The lowest BCUT2D eigenvalue weighted by Gasteiger charge is -2.07. The molecule has 2 aromatic rings. The van der Waals surface area contributed by atoms with Crippen LogP contribution in [0.25, 0.3) is 0 Å². The molecule has 6 nitrogen and oxygen atoms in total. The Kier molecular flexibility index (Phi) is 4.51. The van der Waals surface area contributed by atoms with Crippen LogP contribution in [0, 0.1) is 17.1 Å². The number of anilines is 1. The Hall–Kier alpha value is -2.88. The molecule has 0 radical (unpaired) electrons. The molecule has 0 atom stereocenters. The number of aryl methyl sites for hydroxylation is 1. The first-order valence-corrected chi connectivity index (χ1v) is 6.37. The van der Waals surface area contributed by atoms with Crippen molar-refractivity contribution in [2.75, 3.05) is 11.2 Å². The van der Waals surface area contributed by atoms with Crippen LogP contribution in [-0.4, -0.2) is 15.6 Å². The number of halogens is 1. The van der Waals surface area contributed by atoms with Crippen LogP contribution in [0.1, 0.15) is 24.1 Å². The first-order valence-electron chi connectivity index (χ1n) is 6.37. The van der Waals surface area contributed by atoms with Gasteiger partial charge in [0.1, 0.15) is 18.2 Å². The predicted molar refractivity (Wildman–Crippen MR) is 75.1 cm³/mol. The molecule has 0 spiro atoms. The van der Waals surface area contributed by atoms with Gasteiger partial charge in [0, 0.05) is 6.42 Å². The number of carbonyl (C=O) groups is 1. The van der Waals surface area contributed by atoms with Crippen molar-refractivity contribution in [3.8, 4) is 6.07 Å². The summed E-state index contributed by atoms with van der Waals surface area (Å²) in [5.74, 6) is -0.407. The van der Waals surface area contributed by atoms with Crippen LogP contribution >= 0.6 is 0 Å². The van der Waals surface area contributed by atoms with Crippen molar-refractivity contribution in [3.05, 3.63) is 47.7 Å². The third kappa shape index (κ3) is 3.79. The number of nitrogens with two attached hydrogens (primary N) is 1. The topological polar surface area (TPSA) is 96.7 Å². The molecule has 0 aliphatic heterocycles. The van der Waals surface area contributed by atoms with Gasteiger partial charge in [-0.3, -0.25) is 10.2 Å². The highest BCUT2D eigenvalue weighted by Gasteiger charge is 2.09. The van der Waals surface area contributed by atoms with Gasteiger partial charge in [0.2, 0.25) is 5.91 Å². The van der Waals surface area contributed by atoms with Crippen LogP contribution in [-0.2, 0) is 11.2 Å². The van der Waals surface area contributed by atoms with Crippen molar-refractivity contribution >= 4 is 11.7 Å². The normalized spacial score (nSPS) is 10.1. The second-order valence-electron chi connectivity index (χ2n) is 4.48. The van der Waals surface area contributed by atoms with Gasteiger partial charge in [-0.1, -0.05) is 12.1 Å². The fraction of sp³-hybridized carbons (Fsp3) is 0.214. The van der Waals surface area contributed by atoms with E-state index in [1.807, 2.05) is 6.07 Å². The zero-order chi connectivity index (χ0) is 15.2. The monoisotopic (exact) mass is 287 g/mol. The molecule has 7 heteroatoms. The Morgan fingerprint density at radius 1 is 1.43 bits per heavy atom. The molecule has 0 aliphatic carbocycles. The predicted octanol–water partition coefficient (Wildman–Crippen LogP) is 1.57. The maximum Gasteiger partial charge on any atom is 0.238 e. The molecule has 108 valence electrons. The molecule has 3 N–H and O–H groups in total. The minimum Gasteiger partial charge on any atom is -0.381 e. The second-order valence-corrected chi connectivity index (χ2v) is 4.48. The fourth-order valence-electron chi connectivity index (χ4n) is 1.83. The Bertz CT molecular complexity index is 672. The second kappa shape index (κ2) is 6.52. The molecule has 0 saturated heterocycles. The molecular formula is C14H14FN5O. The SMILES string of the molecule is N#Cc1ncn(NC(=O)CCCc2ccc(F)cc2)c1N. The Morgan fingerprint density at radius 2 is 2.14 bits per heavy atom. The largest absolute Gasteiger partial charge is 0.381 e. The third-order valence-electron chi connectivity index (χ3n) is 2.94. The molecule has 0 fully saturated rings. The number of carbonyl (C=O) groups excluding carboxylic acids is 1. The molecule has 1 heterocycles. The molecule has 0 bridgehead atoms. The van der Waals surface area contributed by atoms with Crippen molar-refractivity contribution in [2.45, 2.75) is 19.3 Å². The average Bonchev–Trinajstić information content (AvgIpc) is 2.82. The van der Waals surface area contributed by atoms with E-state index in [1.165, 1.54) is 23.1 Å². The number of hydrogen-bond donors (Lipinski definition) is 2. The number of amides is 1. The summed E-state index contributed by atoms with van der Waals surface area (Å²) >= 11 is 0. The highest BCUT2D eigenvalue weighted by atomic mass is 19.1. The van der Waals surface area contributed by atoms with E-state index in [-0.39, 0.29) is 29.7 Å². The van der Waals surface area contributed by atoms with Gasteiger partial charge in [-0.15, -0.1) is 0 Å². The maximum atomic E-state index is 12.7. The van der Waals surface area contributed by atoms with Gasteiger partial charge in [0.15, 0.2) is 11.5 Å². The van der Waals surface area contributed by atoms with Crippen LogP contribution < -0.4 is 11.2 Å². The summed E-state index contributed by atoms with van der Waals surface area (Å²) in [5, 5.41) is 8.71. The first kappa shape index (κ1) is 14.5. The van der Waals surface area contributed by atoms with Gasteiger partial charge < -0.3 is 5.73 Å². The molecule has 1 amide bonds. The zero-order valence-electron chi connectivity index (χ0n) is 11.2. The zero-order valence-corrected chi connectivity index (χ0v) is 11.2. The summed E-state index contributed by atoms with van der Waals surface area (Å²) in [6.07, 6.45) is 2.87. The lowest BCUT2D eigenvalue weighted by atomic mass is 10.1. The van der Waals surface area contributed by atoms with Crippen molar-refractivity contribution in [3.63, 3.8) is 0 Å². The van der Waals surface area contributed by atoms with E-state index in [1.54, 1.807) is 12.1 Å². The summed E-state index contributed by atoms with van der Waals surface area (Å²) in [6, 6.07) is 8.00. The number of nitrogen functional groups attached to an aromatic ring is 1. The molecule has 0 saturated carbocycles. The summed E-state index contributed by atoms with van der Waals surface area (Å²) in [4.78, 5) is 15.5. The average molecular weight is 287 g/mol. The highest BCUT2D eigenvalue weighted by molar-refractivity contribution is 5.84. The van der Waals surface area contributed by atoms with Crippen LogP contribution in [0.2, 0.25) is 0 Å². The number of nitriles is 1. The first-order chi connectivity index (χ1) is 10.1. The number of imidazole rings is 1. The maximum absolute atomic E-state index is 12.7. The smallest absolute Gasteiger partial charge is 0.238 e. The summed E-state index contributed by atoms with van der Waals surface area (Å²) in [6.45, 7) is 0. The van der Waals surface area contributed by atoms with Crippen molar-refractivity contribution in [1.29, 1.82) is 5.26 Å². The molecular weight excluding hydrogens is 273 g/mol. The summed E-state index contributed by atoms with van der Waals surface area (Å²) < 4.78 is 14.0. The van der Waals surface area contributed by atoms with E-state index < -0.39 is 0 Å². The number of rotatable bonds is 5. The van der Waals surface area contributed by atoms with E-state index in [0.717, 1.165) is 5.56 Å². The molecule has 0 aliphatic rings. The van der Waals surface area contributed by atoms with Crippen LogP contribution in [0.15, 0.2) is 30.6 Å². The van der Waals surface area contributed by atoms with Crippen LogP contribution in [0.4, 0.5) is 10.2 Å². The van der Waals surface area contributed by atoms with Gasteiger partial charge in [0.25, 0.3) is 0 Å². The lowest BCUT2D eigenvalue weighted by Crippen LogP contribution is -2.23. The standard InChI is InChI=1S/C14H14FN5O/c15-11-6-4-10(5-7-11)2-1-3-13(21)19-20-9-18-12(8-16)14(20)17/h4-7,9H,1-3,17H2,(H,19,21). The number of nitrogens with one attached hydrogen (secondary N) is 1. The van der Waals surface area contributed by atoms with E-state index in [0.29, 0.717) is 12.8 Å². The molecule has 1 aromatic heterocycles. The van der Waals surface area contributed by atoms with Gasteiger partial charge in [-0.25, -0.2) is 14.1 Å². The minimum absolute atomic E-state index is 0.0709. The van der Waals surface area contributed by atoms with E-state index in [2.05, 4.69) is 10.4 Å². The summed E-state index contributed by atoms with van der Waals surface area (Å²) in [7, 11) is 0. The number of nitrogens with zero attached hydrogens (tertiary/aromatic N) is 3. The number of aromatic nitrogens is 2. The van der Waals surface area contributed by atoms with Crippen LogP contribution in [0.5, 0.6) is 0 Å². The number of hydrogen-bond acceptors (Lipinski definition) is 4. The minimum atomic E-state index is -0.277. The fourth-order valence-corrected chi connectivity index (χ4v) is 1.83. The highest BCUT2D eigenvalue weighted by Crippen LogP contribution is 2.08. The van der Waals surface area contributed by atoms with E-state index >= 15 is 0 Å². The number of benzene rings is 1. The van der Waals surface area contributed by atoms with Gasteiger partial charge in [-0.05, 0) is 30.5 Å². The van der Waals surface area contributed by atoms with Crippen molar-refractivity contribution in [2.24, 2.45) is 0 Å².